The van der Waals surface area contributed by atoms with Gasteiger partial charge in [-0.05, 0) is 63.6 Å². The molecule has 4 heteroatoms. The number of hydrogen-bond acceptors (Lipinski definition) is 3. The summed E-state index contributed by atoms with van der Waals surface area (Å²) in [6, 6.07) is 0.827. The van der Waals surface area contributed by atoms with Crippen molar-refractivity contribution in [2.45, 2.75) is 44.6 Å². The molecule has 4 nitrogen and oxygen atoms in total. The van der Waals surface area contributed by atoms with Crippen LogP contribution in [-0.2, 0) is 0 Å². The van der Waals surface area contributed by atoms with Gasteiger partial charge < -0.3 is 15.5 Å². The molecule has 0 spiro atoms. The van der Waals surface area contributed by atoms with Crippen LogP contribution in [0.2, 0.25) is 0 Å². The SMILES string of the molecule is CN1CCCC2CN(CC3(CC(=N)N)CC3)CCC21. The molecule has 0 radical (unpaired) electrons. The van der Waals surface area contributed by atoms with E-state index >= 15 is 0 Å². The molecular weight excluding hydrogens is 236 g/mol. The number of nitrogens with two attached hydrogens (primary N) is 1. The van der Waals surface area contributed by atoms with Gasteiger partial charge in [0.25, 0.3) is 0 Å². The summed E-state index contributed by atoms with van der Waals surface area (Å²) in [5.41, 5.74) is 5.98. The number of nitrogens with one attached hydrogen (secondary N) is 1. The molecule has 3 fully saturated rings. The van der Waals surface area contributed by atoms with E-state index in [4.69, 9.17) is 11.1 Å². The average molecular weight is 264 g/mol. The number of piperidine rings is 2. The van der Waals surface area contributed by atoms with Crippen molar-refractivity contribution in [1.29, 1.82) is 5.41 Å². The molecule has 0 aromatic carbocycles. The van der Waals surface area contributed by atoms with Gasteiger partial charge in [-0.15, -0.1) is 0 Å². The molecule has 0 amide bonds. The van der Waals surface area contributed by atoms with Crippen LogP contribution in [0.5, 0.6) is 0 Å². The van der Waals surface area contributed by atoms with Crippen LogP contribution >= 0.6 is 0 Å². The second-order valence-electron chi connectivity index (χ2n) is 7.18. The molecular formula is C15H28N4. The Bertz CT molecular complexity index is 350. The molecule has 1 aliphatic carbocycles. The van der Waals surface area contributed by atoms with Crippen LogP contribution in [0.1, 0.15) is 38.5 Å². The first-order valence-corrected chi connectivity index (χ1v) is 7.83. The van der Waals surface area contributed by atoms with Crippen LogP contribution in [0.4, 0.5) is 0 Å². The largest absolute Gasteiger partial charge is 0.388 e. The minimum Gasteiger partial charge on any atom is -0.388 e. The van der Waals surface area contributed by atoms with Gasteiger partial charge in [0.2, 0.25) is 0 Å². The Balaban J connectivity index is 1.55. The van der Waals surface area contributed by atoms with Gasteiger partial charge >= 0.3 is 0 Å². The molecule has 108 valence electrons. The maximum absolute atomic E-state index is 7.53. The first kappa shape index (κ1) is 13.4. The van der Waals surface area contributed by atoms with E-state index in [1.807, 2.05) is 0 Å². The van der Waals surface area contributed by atoms with Crippen molar-refractivity contribution in [3.63, 3.8) is 0 Å². The molecule has 0 aromatic rings. The smallest absolute Gasteiger partial charge is 0.0911 e. The Morgan fingerprint density at radius 1 is 1.32 bits per heavy atom. The van der Waals surface area contributed by atoms with Crippen LogP contribution in [0.25, 0.3) is 0 Å². The van der Waals surface area contributed by atoms with Crippen LogP contribution < -0.4 is 5.73 Å². The minimum atomic E-state index is 0.374. The Hall–Kier alpha value is -0.610. The summed E-state index contributed by atoms with van der Waals surface area (Å²) in [6.45, 7) is 4.98. The highest BCUT2D eigenvalue weighted by molar-refractivity contribution is 5.78. The van der Waals surface area contributed by atoms with Crippen molar-refractivity contribution in [2.24, 2.45) is 17.1 Å². The van der Waals surface area contributed by atoms with Crippen molar-refractivity contribution in [1.82, 2.24) is 9.80 Å². The number of hydrogen-bond donors (Lipinski definition) is 2. The standard InChI is InChI=1S/C15H28N4/c1-18-7-2-3-12-10-19(8-4-13(12)18)11-15(5-6-15)9-14(16)17/h12-13H,2-11H2,1H3,(H3,16,17). The van der Waals surface area contributed by atoms with E-state index in [9.17, 15) is 0 Å². The van der Waals surface area contributed by atoms with Crippen molar-refractivity contribution in [3.05, 3.63) is 0 Å². The first-order chi connectivity index (χ1) is 9.08. The Morgan fingerprint density at radius 3 is 2.79 bits per heavy atom. The van der Waals surface area contributed by atoms with E-state index in [0.717, 1.165) is 18.4 Å². The molecule has 0 aromatic heterocycles. The van der Waals surface area contributed by atoms with Crippen molar-refractivity contribution in [3.8, 4) is 0 Å². The van der Waals surface area contributed by atoms with E-state index in [-0.39, 0.29) is 0 Å². The van der Waals surface area contributed by atoms with Gasteiger partial charge in [0.05, 0.1) is 5.84 Å². The highest BCUT2D eigenvalue weighted by Gasteiger charge is 2.45. The molecule has 2 saturated heterocycles. The summed E-state index contributed by atoms with van der Waals surface area (Å²) in [4.78, 5) is 5.24. The van der Waals surface area contributed by atoms with Gasteiger partial charge in [0.1, 0.15) is 0 Å². The van der Waals surface area contributed by atoms with E-state index in [1.165, 1.54) is 58.3 Å². The second-order valence-corrected chi connectivity index (χ2v) is 7.18. The van der Waals surface area contributed by atoms with Gasteiger partial charge in [-0.1, -0.05) is 0 Å². The molecule has 2 atom stereocenters. The van der Waals surface area contributed by atoms with Gasteiger partial charge in [0.15, 0.2) is 0 Å². The molecule has 19 heavy (non-hydrogen) atoms. The summed E-state index contributed by atoms with van der Waals surface area (Å²) in [5.74, 6) is 1.26. The highest BCUT2D eigenvalue weighted by atomic mass is 15.2. The summed E-state index contributed by atoms with van der Waals surface area (Å²) in [5, 5.41) is 7.53. The zero-order valence-electron chi connectivity index (χ0n) is 12.2. The predicted molar refractivity (Wildman–Crippen MR) is 78.4 cm³/mol. The van der Waals surface area contributed by atoms with Crippen molar-refractivity contribution < 1.29 is 0 Å². The predicted octanol–water partition coefficient (Wildman–Crippen LogP) is 1.51. The lowest BCUT2D eigenvalue weighted by Crippen LogP contribution is -2.53. The summed E-state index contributed by atoms with van der Waals surface area (Å²) >= 11 is 0. The molecule has 1 saturated carbocycles. The third-order valence-electron chi connectivity index (χ3n) is 5.51. The normalized spacial score (nSPS) is 34.8. The minimum absolute atomic E-state index is 0.374. The topological polar surface area (TPSA) is 56.4 Å². The van der Waals surface area contributed by atoms with E-state index in [0.29, 0.717) is 11.3 Å². The highest BCUT2D eigenvalue weighted by Crippen LogP contribution is 2.49. The molecule has 3 rings (SSSR count). The molecule has 0 bridgehead atoms. The maximum Gasteiger partial charge on any atom is 0.0911 e. The number of amidine groups is 1. The quantitative estimate of drug-likeness (QED) is 0.598. The first-order valence-electron chi connectivity index (χ1n) is 7.83. The number of likely N-dealkylation sites (tertiary alicyclic amines) is 2. The number of rotatable bonds is 4. The monoisotopic (exact) mass is 264 g/mol. The van der Waals surface area contributed by atoms with Crippen LogP contribution in [0.3, 0.4) is 0 Å². The van der Waals surface area contributed by atoms with Crippen LogP contribution in [0.15, 0.2) is 0 Å². The van der Waals surface area contributed by atoms with Crippen molar-refractivity contribution in [2.75, 3.05) is 33.2 Å². The van der Waals surface area contributed by atoms with E-state index in [2.05, 4.69) is 16.8 Å². The molecule has 3 N–H and O–H groups in total. The molecule has 2 aliphatic heterocycles. The zero-order chi connectivity index (χ0) is 13.5. The fourth-order valence-electron chi connectivity index (χ4n) is 4.32. The lowest BCUT2D eigenvalue weighted by Gasteiger charge is -2.46. The fraction of sp³-hybridized carbons (Fsp3) is 0.933. The van der Waals surface area contributed by atoms with Gasteiger partial charge in [-0.25, -0.2) is 0 Å². The Labute approximate surface area is 116 Å². The van der Waals surface area contributed by atoms with Gasteiger partial charge in [-0.3, -0.25) is 5.41 Å². The van der Waals surface area contributed by atoms with Crippen LogP contribution in [0, 0.1) is 16.7 Å². The lowest BCUT2D eigenvalue weighted by atomic mass is 9.83. The summed E-state index contributed by atoms with van der Waals surface area (Å²) in [7, 11) is 2.30. The maximum atomic E-state index is 7.53. The zero-order valence-corrected chi connectivity index (χ0v) is 12.2. The average Bonchev–Trinajstić information content (AvgIpc) is 3.07. The molecule has 2 unspecified atom stereocenters. The third-order valence-corrected chi connectivity index (χ3v) is 5.51. The number of fused-ring (bicyclic) bond motifs is 1. The summed E-state index contributed by atoms with van der Waals surface area (Å²) < 4.78 is 0. The van der Waals surface area contributed by atoms with Crippen molar-refractivity contribution >= 4 is 5.84 Å². The van der Waals surface area contributed by atoms with Crippen LogP contribution in [-0.4, -0.2) is 54.9 Å². The van der Waals surface area contributed by atoms with Gasteiger partial charge in [-0.2, -0.15) is 0 Å². The lowest BCUT2D eigenvalue weighted by molar-refractivity contribution is 0.0308. The third kappa shape index (κ3) is 2.95. The molecule has 2 heterocycles. The van der Waals surface area contributed by atoms with Gasteiger partial charge in [0, 0.05) is 25.6 Å². The summed E-state index contributed by atoms with van der Waals surface area (Å²) in [6.07, 6.45) is 7.47. The van der Waals surface area contributed by atoms with E-state index in [1.54, 1.807) is 0 Å². The second kappa shape index (κ2) is 5.06. The molecule has 3 aliphatic rings. The van der Waals surface area contributed by atoms with E-state index < -0.39 is 0 Å². The fourth-order valence-corrected chi connectivity index (χ4v) is 4.32. The number of nitrogens with zero attached hydrogens (tertiary/aromatic N) is 2. The Morgan fingerprint density at radius 2 is 2.11 bits per heavy atom. The Kier molecular flexibility index (Phi) is 3.56.